The molecule has 1 aromatic carbocycles. The van der Waals surface area contributed by atoms with Crippen molar-refractivity contribution in [3.8, 4) is 17.0 Å². The molecule has 102 valence electrons. The van der Waals surface area contributed by atoms with Crippen LogP contribution in [0.3, 0.4) is 0 Å². The summed E-state index contributed by atoms with van der Waals surface area (Å²) in [6.07, 6.45) is -4.94. The number of hydrogen-bond acceptors (Lipinski definition) is 3. The highest BCUT2D eigenvalue weighted by Gasteiger charge is 2.32. The molecular weight excluding hydrogens is 290 g/mol. The van der Waals surface area contributed by atoms with E-state index < -0.39 is 17.9 Å². The lowest BCUT2D eigenvalue weighted by atomic mass is 10.1. The van der Waals surface area contributed by atoms with Gasteiger partial charge in [-0.1, -0.05) is 5.16 Å². The lowest BCUT2D eigenvalue weighted by molar-refractivity contribution is -0.275. The van der Waals surface area contributed by atoms with Crippen molar-refractivity contribution >= 4 is 11.6 Å². The van der Waals surface area contributed by atoms with Crippen LogP contribution < -0.4 is 4.74 Å². The monoisotopic (exact) mass is 295 g/mol. The molecule has 0 N–H and O–H groups in total. The molecule has 2 rings (SSSR count). The summed E-state index contributed by atoms with van der Waals surface area (Å²) in [6, 6.07) is 4.44. The minimum atomic E-state index is -4.94. The van der Waals surface area contributed by atoms with Gasteiger partial charge in [0, 0.05) is 11.6 Å². The van der Waals surface area contributed by atoms with Crippen molar-refractivity contribution in [3.05, 3.63) is 35.8 Å². The maximum atomic E-state index is 13.4. The zero-order valence-corrected chi connectivity index (χ0v) is 9.93. The van der Waals surface area contributed by atoms with Gasteiger partial charge in [0.05, 0.1) is 5.88 Å². The van der Waals surface area contributed by atoms with Crippen molar-refractivity contribution in [2.45, 2.75) is 12.2 Å². The molecule has 8 heteroatoms. The van der Waals surface area contributed by atoms with Crippen LogP contribution in [0.4, 0.5) is 17.6 Å². The summed E-state index contributed by atoms with van der Waals surface area (Å²) in [5.74, 6) is -1.60. The van der Waals surface area contributed by atoms with E-state index in [1.807, 2.05) is 0 Å². The zero-order valence-electron chi connectivity index (χ0n) is 9.17. The van der Waals surface area contributed by atoms with E-state index in [-0.39, 0.29) is 17.1 Å². The number of alkyl halides is 4. The topological polar surface area (TPSA) is 35.3 Å². The van der Waals surface area contributed by atoms with E-state index in [9.17, 15) is 17.6 Å². The SMILES string of the molecule is Fc1cc(-c2cc(CCl)on2)ccc1OC(F)(F)F. The normalized spacial score (nSPS) is 11.6. The van der Waals surface area contributed by atoms with Crippen LogP contribution in [0.5, 0.6) is 5.75 Å². The third-order valence-electron chi connectivity index (χ3n) is 2.14. The third kappa shape index (κ3) is 3.37. The van der Waals surface area contributed by atoms with Gasteiger partial charge in [-0.3, -0.25) is 0 Å². The molecule has 0 radical (unpaired) electrons. The van der Waals surface area contributed by atoms with Gasteiger partial charge < -0.3 is 9.26 Å². The van der Waals surface area contributed by atoms with Crippen LogP contribution in [0.25, 0.3) is 11.3 Å². The highest BCUT2D eigenvalue weighted by molar-refractivity contribution is 6.16. The number of nitrogens with zero attached hydrogens (tertiary/aromatic N) is 1. The Kier molecular flexibility index (Phi) is 3.66. The molecule has 0 saturated carbocycles. The standard InChI is InChI=1S/C11H6ClF4NO2/c12-5-7-4-9(17-19-7)6-1-2-10(8(13)3-6)18-11(14,15)16/h1-4H,5H2. The fourth-order valence-corrected chi connectivity index (χ4v) is 1.51. The van der Waals surface area contributed by atoms with Gasteiger partial charge in [0.15, 0.2) is 17.3 Å². The number of benzene rings is 1. The van der Waals surface area contributed by atoms with Crippen LogP contribution in [-0.4, -0.2) is 11.5 Å². The van der Waals surface area contributed by atoms with Gasteiger partial charge in [-0.2, -0.15) is 0 Å². The zero-order chi connectivity index (χ0) is 14.0. The molecule has 0 atom stereocenters. The summed E-state index contributed by atoms with van der Waals surface area (Å²) in [4.78, 5) is 0. The van der Waals surface area contributed by atoms with Crippen molar-refractivity contribution < 1.29 is 26.8 Å². The maximum Gasteiger partial charge on any atom is 0.573 e. The van der Waals surface area contributed by atoms with E-state index >= 15 is 0 Å². The first-order chi connectivity index (χ1) is 8.89. The van der Waals surface area contributed by atoms with Gasteiger partial charge in [-0.05, 0) is 18.2 Å². The van der Waals surface area contributed by atoms with Crippen molar-refractivity contribution in [1.29, 1.82) is 0 Å². The highest BCUT2D eigenvalue weighted by atomic mass is 35.5. The van der Waals surface area contributed by atoms with Gasteiger partial charge in [0.2, 0.25) is 0 Å². The van der Waals surface area contributed by atoms with Gasteiger partial charge in [0.25, 0.3) is 0 Å². The van der Waals surface area contributed by atoms with E-state index in [1.165, 1.54) is 12.1 Å². The molecular formula is C11H6ClF4NO2. The second-order valence-corrected chi connectivity index (χ2v) is 3.77. The average molecular weight is 296 g/mol. The van der Waals surface area contributed by atoms with Crippen molar-refractivity contribution in [3.63, 3.8) is 0 Å². The summed E-state index contributed by atoms with van der Waals surface area (Å²) >= 11 is 5.50. The molecule has 0 saturated heterocycles. The van der Waals surface area contributed by atoms with Gasteiger partial charge >= 0.3 is 6.36 Å². The summed E-state index contributed by atoms with van der Waals surface area (Å²) < 4.78 is 57.6. The summed E-state index contributed by atoms with van der Waals surface area (Å²) in [5, 5.41) is 3.61. The second-order valence-electron chi connectivity index (χ2n) is 3.51. The number of aromatic nitrogens is 1. The third-order valence-corrected chi connectivity index (χ3v) is 2.41. The molecule has 0 unspecified atom stereocenters. The molecule has 2 aromatic rings. The summed E-state index contributed by atoms with van der Waals surface area (Å²) in [7, 11) is 0. The van der Waals surface area contributed by atoms with Gasteiger partial charge in [-0.15, -0.1) is 24.8 Å². The Morgan fingerprint density at radius 3 is 2.53 bits per heavy atom. The van der Waals surface area contributed by atoms with E-state index in [4.69, 9.17) is 16.1 Å². The smallest absolute Gasteiger partial charge is 0.403 e. The number of ether oxygens (including phenoxy) is 1. The van der Waals surface area contributed by atoms with Gasteiger partial charge in [-0.25, -0.2) is 4.39 Å². The first kappa shape index (κ1) is 13.7. The Balaban J connectivity index is 2.28. The van der Waals surface area contributed by atoms with E-state index in [0.717, 1.165) is 12.1 Å². The van der Waals surface area contributed by atoms with Crippen LogP contribution in [0, 0.1) is 5.82 Å². The number of halogens is 5. The first-order valence-corrected chi connectivity index (χ1v) is 5.50. The minimum absolute atomic E-state index is 0.0880. The van der Waals surface area contributed by atoms with Crippen molar-refractivity contribution in [2.24, 2.45) is 0 Å². The van der Waals surface area contributed by atoms with Crippen LogP contribution >= 0.6 is 11.6 Å². The molecule has 1 heterocycles. The fourth-order valence-electron chi connectivity index (χ4n) is 1.38. The fraction of sp³-hybridized carbons (Fsp3) is 0.182. The highest BCUT2D eigenvalue weighted by Crippen LogP contribution is 2.29. The van der Waals surface area contributed by atoms with Crippen LogP contribution in [0.1, 0.15) is 5.76 Å². The molecule has 0 aliphatic carbocycles. The van der Waals surface area contributed by atoms with E-state index in [0.29, 0.717) is 5.76 Å². The lowest BCUT2D eigenvalue weighted by Crippen LogP contribution is -2.17. The Hall–Kier alpha value is -1.76. The van der Waals surface area contributed by atoms with Gasteiger partial charge in [0.1, 0.15) is 5.69 Å². The number of rotatable bonds is 3. The quantitative estimate of drug-likeness (QED) is 0.631. The molecule has 3 nitrogen and oxygen atoms in total. The summed E-state index contributed by atoms with van der Waals surface area (Å²) in [6.45, 7) is 0. The predicted octanol–water partition coefficient (Wildman–Crippen LogP) is 4.12. The van der Waals surface area contributed by atoms with Crippen molar-refractivity contribution in [1.82, 2.24) is 5.16 Å². The minimum Gasteiger partial charge on any atom is -0.403 e. The van der Waals surface area contributed by atoms with Crippen molar-refractivity contribution in [2.75, 3.05) is 0 Å². The molecule has 0 amide bonds. The predicted molar refractivity (Wildman–Crippen MR) is 58.1 cm³/mol. The molecule has 1 aromatic heterocycles. The molecule has 0 fully saturated rings. The Morgan fingerprint density at radius 2 is 2.00 bits per heavy atom. The number of hydrogen-bond donors (Lipinski definition) is 0. The molecule has 0 aliphatic rings. The van der Waals surface area contributed by atoms with Crippen LogP contribution in [-0.2, 0) is 5.88 Å². The first-order valence-electron chi connectivity index (χ1n) is 4.96. The Labute approximate surface area is 109 Å². The van der Waals surface area contributed by atoms with E-state index in [2.05, 4.69) is 9.89 Å². The maximum absolute atomic E-state index is 13.4. The second kappa shape index (κ2) is 5.08. The molecule has 0 spiro atoms. The summed E-state index contributed by atoms with van der Waals surface area (Å²) in [5.41, 5.74) is 0.528. The average Bonchev–Trinajstić information content (AvgIpc) is 2.79. The van der Waals surface area contributed by atoms with Crippen LogP contribution in [0.2, 0.25) is 0 Å². The van der Waals surface area contributed by atoms with Crippen LogP contribution in [0.15, 0.2) is 28.8 Å². The Morgan fingerprint density at radius 1 is 1.26 bits per heavy atom. The molecule has 0 bridgehead atoms. The largest absolute Gasteiger partial charge is 0.573 e. The lowest BCUT2D eigenvalue weighted by Gasteiger charge is -2.09. The van der Waals surface area contributed by atoms with E-state index in [1.54, 1.807) is 0 Å². The Bertz CT molecular complexity index is 582. The molecule has 0 aliphatic heterocycles. The molecule has 19 heavy (non-hydrogen) atoms.